The van der Waals surface area contributed by atoms with Crippen LogP contribution in [0.25, 0.3) is 0 Å². The molecule has 3 nitrogen and oxygen atoms in total. The topological polar surface area (TPSA) is 27.7 Å². The van der Waals surface area contributed by atoms with Crippen molar-refractivity contribution in [3.63, 3.8) is 0 Å². The molecule has 0 amide bonds. The van der Waals surface area contributed by atoms with Crippen molar-refractivity contribution in [3.8, 4) is 5.75 Å². The third kappa shape index (κ3) is 7.92. The van der Waals surface area contributed by atoms with Crippen molar-refractivity contribution in [2.24, 2.45) is 5.41 Å². The fourth-order valence-electron chi connectivity index (χ4n) is 4.45. The van der Waals surface area contributed by atoms with E-state index in [1.807, 2.05) is 12.1 Å². The maximum Gasteiger partial charge on any atom is 0.160 e. The van der Waals surface area contributed by atoms with Gasteiger partial charge in [0.2, 0.25) is 0 Å². The summed E-state index contributed by atoms with van der Waals surface area (Å²) >= 11 is 0. The monoisotopic (exact) mass is 414 g/mol. The van der Waals surface area contributed by atoms with Crippen LogP contribution in [0.1, 0.15) is 78.2 Å². The van der Waals surface area contributed by atoms with Crippen LogP contribution in [0, 0.1) is 5.41 Å². The van der Waals surface area contributed by atoms with Crippen molar-refractivity contribution in [2.45, 2.75) is 85.4 Å². The van der Waals surface area contributed by atoms with Crippen molar-refractivity contribution < 1.29 is 14.2 Å². The molecular formula is C27H42O3. The predicted octanol–water partition coefficient (Wildman–Crippen LogP) is 7.26. The van der Waals surface area contributed by atoms with E-state index in [9.17, 15) is 0 Å². The largest absolute Gasteiger partial charge is 0.489 e. The van der Waals surface area contributed by atoms with Crippen molar-refractivity contribution >= 4 is 0 Å². The van der Waals surface area contributed by atoms with Crippen molar-refractivity contribution in [3.05, 3.63) is 52.6 Å². The van der Waals surface area contributed by atoms with Gasteiger partial charge in [-0.3, -0.25) is 0 Å². The van der Waals surface area contributed by atoms with Crippen LogP contribution in [-0.2, 0) is 15.9 Å². The summed E-state index contributed by atoms with van der Waals surface area (Å²) in [7, 11) is 3.33. The fraction of sp³-hybridized carbons (Fsp3) is 0.630. The Morgan fingerprint density at radius 3 is 2.43 bits per heavy atom. The molecule has 1 aromatic carbocycles. The first-order chi connectivity index (χ1) is 14.4. The number of allylic oxidation sites excluding steroid dienone is 3. The summed E-state index contributed by atoms with van der Waals surface area (Å²) in [5.41, 5.74) is 6.26. The van der Waals surface area contributed by atoms with Gasteiger partial charge in [0, 0.05) is 20.6 Å². The molecule has 0 saturated heterocycles. The summed E-state index contributed by atoms with van der Waals surface area (Å²) in [4.78, 5) is 0. The third-order valence-corrected chi connectivity index (χ3v) is 6.38. The SMILES string of the molecule is COC(Cc1ccc(OCC(C)=CCCCCC2=C(C)CCCC2(C)C)cc1)OC. The second-order valence-electron chi connectivity index (χ2n) is 9.33. The van der Waals surface area contributed by atoms with Crippen LogP contribution in [0.4, 0.5) is 0 Å². The van der Waals surface area contributed by atoms with E-state index in [0.29, 0.717) is 12.0 Å². The minimum atomic E-state index is -0.202. The zero-order chi connectivity index (χ0) is 22.0. The molecular weight excluding hydrogens is 372 g/mol. The Labute approximate surface area is 184 Å². The summed E-state index contributed by atoms with van der Waals surface area (Å²) in [6.45, 7) is 10.00. The standard InChI is InChI=1S/C27H42O3/c1-21(11-8-7-9-13-25-22(2)12-10-18-27(25,3)4)20-30-24-16-14-23(15-17-24)19-26(28-5)29-6/h11,14-17,26H,7-10,12-13,18-20H2,1-6H3. The minimum absolute atomic E-state index is 0.202. The molecule has 0 N–H and O–H groups in total. The molecule has 0 aromatic heterocycles. The molecule has 0 heterocycles. The number of benzene rings is 1. The molecule has 0 unspecified atom stereocenters. The lowest BCUT2D eigenvalue weighted by molar-refractivity contribution is -0.100. The number of rotatable bonds is 12. The maximum atomic E-state index is 5.94. The Morgan fingerprint density at radius 1 is 1.10 bits per heavy atom. The van der Waals surface area contributed by atoms with Gasteiger partial charge in [-0.1, -0.05) is 43.2 Å². The summed E-state index contributed by atoms with van der Waals surface area (Å²) in [6.07, 6.45) is 11.8. The molecule has 1 aliphatic rings. The van der Waals surface area contributed by atoms with Gasteiger partial charge in [0.05, 0.1) is 0 Å². The van der Waals surface area contributed by atoms with Gasteiger partial charge in [-0.2, -0.15) is 0 Å². The van der Waals surface area contributed by atoms with Gasteiger partial charge in [0.15, 0.2) is 6.29 Å². The van der Waals surface area contributed by atoms with Gasteiger partial charge in [0.25, 0.3) is 0 Å². The Balaban J connectivity index is 1.69. The van der Waals surface area contributed by atoms with E-state index in [1.165, 1.54) is 49.7 Å². The molecule has 0 atom stereocenters. The van der Waals surface area contributed by atoms with Crippen LogP contribution in [-0.4, -0.2) is 27.1 Å². The smallest absolute Gasteiger partial charge is 0.160 e. The second-order valence-corrected chi connectivity index (χ2v) is 9.33. The normalized spacial score (nSPS) is 17.0. The van der Waals surface area contributed by atoms with E-state index in [2.05, 4.69) is 45.9 Å². The van der Waals surface area contributed by atoms with Crippen molar-refractivity contribution in [2.75, 3.05) is 20.8 Å². The number of methoxy groups -OCH3 is 2. The van der Waals surface area contributed by atoms with Gasteiger partial charge in [-0.05, 0) is 87.5 Å². The van der Waals surface area contributed by atoms with Gasteiger partial charge in [-0.25, -0.2) is 0 Å². The molecule has 3 heteroatoms. The minimum Gasteiger partial charge on any atom is -0.489 e. The number of ether oxygens (including phenoxy) is 3. The first-order valence-electron chi connectivity index (χ1n) is 11.5. The van der Waals surface area contributed by atoms with Crippen LogP contribution >= 0.6 is 0 Å². The average Bonchev–Trinajstić information content (AvgIpc) is 2.72. The van der Waals surface area contributed by atoms with Crippen molar-refractivity contribution in [1.29, 1.82) is 0 Å². The molecule has 30 heavy (non-hydrogen) atoms. The quantitative estimate of drug-likeness (QED) is 0.205. The van der Waals surface area contributed by atoms with Gasteiger partial charge in [-0.15, -0.1) is 0 Å². The van der Waals surface area contributed by atoms with Crippen LogP contribution < -0.4 is 4.74 Å². The summed E-state index contributed by atoms with van der Waals surface area (Å²) in [6, 6.07) is 8.19. The van der Waals surface area contributed by atoms with Gasteiger partial charge in [0.1, 0.15) is 12.4 Å². The highest BCUT2D eigenvalue weighted by Gasteiger charge is 2.27. The zero-order valence-electron chi connectivity index (χ0n) is 20.1. The molecule has 0 radical (unpaired) electrons. The van der Waals surface area contributed by atoms with E-state index in [1.54, 1.807) is 25.4 Å². The number of hydrogen-bond acceptors (Lipinski definition) is 3. The first-order valence-corrected chi connectivity index (χ1v) is 11.5. The van der Waals surface area contributed by atoms with Crippen molar-refractivity contribution in [1.82, 2.24) is 0 Å². The van der Waals surface area contributed by atoms with Gasteiger partial charge < -0.3 is 14.2 Å². The highest BCUT2D eigenvalue weighted by molar-refractivity contribution is 5.28. The Bertz CT molecular complexity index is 693. The maximum absolute atomic E-state index is 5.94. The lowest BCUT2D eigenvalue weighted by atomic mass is 9.71. The second kappa shape index (κ2) is 12.3. The Morgan fingerprint density at radius 2 is 1.80 bits per heavy atom. The lowest BCUT2D eigenvalue weighted by Gasteiger charge is -2.34. The summed E-state index contributed by atoms with van der Waals surface area (Å²) < 4.78 is 16.4. The molecule has 0 fully saturated rings. The predicted molar refractivity (Wildman–Crippen MR) is 126 cm³/mol. The Kier molecular flexibility index (Phi) is 10.1. The molecule has 0 spiro atoms. The summed E-state index contributed by atoms with van der Waals surface area (Å²) in [5.74, 6) is 0.903. The van der Waals surface area contributed by atoms with E-state index >= 15 is 0 Å². The highest BCUT2D eigenvalue weighted by atomic mass is 16.7. The van der Waals surface area contributed by atoms with Crippen LogP contribution in [0.15, 0.2) is 47.1 Å². The molecule has 0 saturated carbocycles. The summed E-state index contributed by atoms with van der Waals surface area (Å²) in [5, 5.41) is 0. The first kappa shape index (κ1) is 24.7. The van der Waals surface area contributed by atoms with Crippen LogP contribution in [0.3, 0.4) is 0 Å². The number of unbranched alkanes of at least 4 members (excludes halogenated alkanes) is 2. The lowest BCUT2D eigenvalue weighted by Crippen LogP contribution is -2.20. The molecule has 1 aliphatic carbocycles. The van der Waals surface area contributed by atoms with E-state index in [-0.39, 0.29) is 6.29 Å². The molecule has 168 valence electrons. The van der Waals surface area contributed by atoms with E-state index in [0.717, 1.165) is 18.6 Å². The highest BCUT2D eigenvalue weighted by Crippen LogP contribution is 2.42. The third-order valence-electron chi connectivity index (χ3n) is 6.38. The van der Waals surface area contributed by atoms with Crippen LogP contribution in [0.2, 0.25) is 0 Å². The molecule has 1 aromatic rings. The zero-order valence-corrected chi connectivity index (χ0v) is 20.1. The van der Waals surface area contributed by atoms with Crippen LogP contribution in [0.5, 0.6) is 5.75 Å². The van der Waals surface area contributed by atoms with E-state index < -0.39 is 0 Å². The fourth-order valence-corrected chi connectivity index (χ4v) is 4.45. The molecule has 0 aliphatic heterocycles. The average molecular weight is 415 g/mol. The van der Waals surface area contributed by atoms with Gasteiger partial charge >= 0.3 is 0 Å². The number of hydrogen-bond donors (Lipinski definition) is 0. The molecule has 0 bridgehead atoms. The van der Waals surface area contributed by atoms with E-state index in [4.69, 9.17) is 14.2 Å². The molecule has 2 rings (SSSR count). The Hall–Kier alpha value is -1.58.